The molecule has 0 saturated carbocycles. The lowest BCUT2D eigenvalue weighted by Crippen LogP contribution is -2.68. The minimum absolute atomic E-state index is 0.0564. The van der Waals surface area contributed by atoms with Gasteiger partial charge in [0.15, 0.2) is 36.0 Å². The first kappa shape index (κ1) is 75.4. The summed E-state index contributed by atoms with van der Waals surface area (Å²) in [6, 6.07) is 28.7. The van der Waals surface area contributed by atoms with Gasteiger partial charge in [-0.2, -0.15) is 0 Å². The summed E-state index contributed by atoms with van der Waals surface area (Å²) in [5, 5.41) is 35.1. The minimum atomic E-state index is -2.23. The molecule has 2 aliphatic rings. The number of carbonyl (C=O) groups excluding carboxylic acids is 12. The van der Waals surface area contributed by atoms with E-state index in [0.29, 0.717) is 22.3 Å². The normalized spacial score (nSPS) is 22.1. The molecule has 518 valence electrons. The average Bonchev–Trinajstić information content (AvgIpc) is 0.775. The Morgan fingerprint density at radius 3 is 1.03 bits per heavy atom. The van der Waals surface area contributed by atoms with Gasteiger partial charge in [0, 0.05) is 103 Å². The van der Waals surface area contributed by atoms with Gasteiger partial charge in [-0.05, 0) is 46.5 Å². The van der Waals surface area contributed by atoms with Crippen LogP contribution in [0, 0.1) is 10.8 Å². The van der Waals surface area contributed by atoms with E-state index < -0.39 is 181 Å². The van der Waals surface area contributed by atoms with Crippen molar-refractivity contribution in [3.05, 3.63) is 131 Å². The summed E-state index contributed by atoms with van der Waals surface area (Å²) >= 11 is 0. The third kappa shape index (κ3) is 21.7. The maximum atomic E-state index is 14.6. The Hall–Kier alpha value is -9.64. The first-order chi connectivity index (χ1) is 44.9. The molecule has 0 bridgehead atoms. The highest BCUT2D eigenvalue weighted by molar-refractivity contribution is 5.97. The Morgan fingerprint density at radius 1 is 0.438 bits per heavy atom. The van der Waals surface area contributed by atoms with Gasteiger partial charge in [0.25, 0.3) is 23.6 Å². The highest BCUT2D eigenvalue weighted by Crippen LogP contribution is 2.38. The van der Waals surface area contributed by atoms with Gasteiger partial charge in [-0.15, -0.1) is 0 Å². The van der Waals surface area contributed by atoms with Gasteiger partial charge in [-0.3, -0.25) is 57.5 Å². The number of nitrogens with one attached hydrogen (secondary N) is 4. The smallest absolute Gasteiger partial charge is 0.303 e. The standard InChI is InChI=1S/C68H82N4O24/c1-37(73)87-35-65(9,10)57(93-43(7)79)63(83)71-59(55-53(91-41(5)77)51(89-39(3)75)33-67(85,95-55)31-45-19-15-13-16-20-45)69-61(81)49-27-23-47(24-28-49)48-25-29-50(30-26-48)62(82)70-60(72-64(84)58(94-44(8)80)66(11,12)36-88-38(2)74)56-54(92-42(6)78)52(90-40(4)76)34-68(86,96-56)32-46-21-17-14-18-22-46/h13-30,51-60,85-86H,31-36H2,1-12H3,(H,69,81)(H,70,82)(H,71,83)(H,72,84)/t51-,52-,53+,54+,55+,56+,57+,58+,59?,60?,67+,68+/m1/s1. The molecule has 0 radical (unpaired) electrons. The molecule has 0 aromatic heterocycles. The second-order valence-corrected chi connectivity index (χ2v) is 24.8. The van der Waals surface area contributed by atoms with Crippen LogP contribution in [0.3, 0.4) is 0 Å². The Kier molecular flexibility index (Phi) is 25.7. The van der Waals surface area contributed by atoms with Gasteiger partial charge in [-0.25, -0.2) is 0 Å². The number of esters is 8. The van der Waals surface area contributed by atoms with Crippen molar-refractivity contribution in [1.29, 1.82) is 0 Å². The molecule has 2 saturated heterocycles. The number of amides is 4. The van der Waals surface area contributed by atoms with E-state index in [1.165, 1.54) is 76.2 Å². The van der Waals surface area contributed by atoms with Crippen molar-refractivity contribution < 1.29 is 115 Å². The second-order valence-electron chi connectivity index (χ2n) is 24.8. The van der Waals surface area contributed by atoms with Crippen LogP contribution in [-0.4, -0.2) is 168 Å². The van der Waals surface area contributed by atoms with Crippen LogP contribution in [0.2, 0.25) is 0 Å². The largest absolute Gasteiger partial charge is 0.465 e. The summed E-state index contributed by atoms with van der Waals surface area (Å²) in [7, 11) is 0. The van der Waals surface area contributed by atoms with E-state index in [0.717, 1.165) is 55.4 Å². The predicted octanol–water partition coefficient (Wildman–Crippen LogP) is 3.91. The van der Waals surface area contributed by atoms with Crippen LogP contribution in [0.5, 0.6) is 0 Å². The molecule has 0 aliphatic carbocycles. The lowest BCUT2D eigenvalue weighted by atomic mass is 9.86. The van der Waals surface area contributed by atoms with Crippen LogP contribution in [0.1, 0.15) is 128 Å². The third-order valence-electron chi connectivity index (χ3n) is 15.2. The van der Waals surface area contributed by atoms with Gasteiger partial charge in [0.2, 0.25) is 0 Å². The third-order valence-corrected chi connectivity index (χ3v) is 15.2. The maximum absolute atomic E-state index is 14.6. The zero-order valence-corrected chi connectivity index (χ0v) is 55.3. The number of hydrogen-bond donors (Lipinski definition) is 6. The molecule has 2 fully saturated rings. The zero-order chi connectivity index (χ0) is 71.0. The number of hydrogen-bond acceptors (Lipinski definition) is 24. The molecule has 4 amide bonds. The number of aliphatic hydroxyl groups is 2. The van der Waals surface area contributed by atoms with Gasteiger partial charge in [-0.1, -0.05) is 113 Å². The van der Waals surface area contributed by atoms with E-state index >= 15 is 0 Å². The van der Waals surface area contributed by atoms with Gasteiger partial charge in [0.05, 0.1) is 0 Å². The van der Waals surface area contributed by atoms with Crippen LogP contribution in [0.4, 0.5) is 0 Å². The van der Waals surface area contributed by atoms with Crippen LogP contribution >= 0.6 is 0 Å². The molecule has 2 heterocycles. The van der Waals surface area contributed by atoms with Crippen LogP contribution in [0.15, 0.2) is 109 Å². The lowest BCUT2D eigenvalue weighted by Gasteiger charge is -2.47. The molecule has 0 spiro atoms. The molecule has 2 aliphatic heterocycles. The highest BCUT2D eigenvalue weighted by Gasteiger charge is 2.56. The molecule has 12 atom stereocenters. The van der Waals surface area contributed by atoms with E-state index in [-0.39, 0.29) is 24.0 Å². The molecule has 28 heteroatoms. The van der Waals surface area contributed by atoms with Crippen molar-refractivity contribution in [3.63, 3.8) is 0 Å². The van der Waals surface area contributed by atoms with Crippen molar-refractivity contribution in [2.45, 2.75) is 182 Å². The summed E-state index contributed by atoms with van der Waals surface area (Å²) in [5.74, 6) is -15.2. The lowest BCUT2D eigenvalue weighted by molar-refractivity contribution is -0.308. The van der Waals surface area contributed by atoms with Gasteiger partial charge < -0.3 is 78.8 Å². The van der Waals surface area contributed by atoms with Crippen molar-refractivity contribution >= 4 is 71.4 Å². The van der Waals surface area contributed by atoms with Gasteiger partial charge in [0.1, 0.15) is 50.0 Å². The topological polar surface area (TPSA) is 386 Å². The molecular weight excluding hydrogens is 1260 g/mol. The quantitative estimate of drug-likeness (QED) is 0.0280. The predicted molar refractivity (Wildman–Crippen MR) is 334 cm³/mol. The Labute approximate surface area is 554 Å². The zero-order valence-electron chi connectivity index (χ0n) is 55.3. The summed E-state index contributed by atoms with van der Waals surface area (Å²) in [6.45, 7) is 13.6. The number of rotatable bonds is 27. The fraction of sp³-hybridized carbons (Fsp3) is 0.471. The van der Waals surface area contributed by atoms with Crippen molar-refractivity contribution in [2.24, 2.45) is 10.8 Å². The maximum Gasteiger partial charge on any atom is 0.303 e. The molecule has 6 rings (SSSR count). The van der Waals surface area contributed by atoms with Crippen molar-refractivity contribution in [3.8, 4) is 11.1 Å². The molecule has 28 nitrogen and oxygen atoms in total. The highest BCUT2D eigenvalue weighted by atomic mass is 16.7. The molecule has 4 aromatic carbocycles. The number of carbonyl (C=O) groups is 12. The first-order valence-electron chi connectivity index (χ1n) is 30.6. The van der Waals surface area contributed by atoms with E-state index in [2.05, 4.69) is 21.3 Å². The fourth-order valence-corrected chi connectivity index (χ4v) is 11.0. The Bertz CT molecular complexity index is 3250. The molecule has 96 heavy (non-hydrogen) atoms. The monoisotopic (exact) mass is 1340 g/mol. The summed E-state index contributed by atoms with van der Waals surface area (Å²) in [5.41, 5.74) is -0.967. The summed E-state index contributed by atoms with van der Waals surface area (Å²) < 4.78 is 56.8. The van der Waals surface area contributed by atoms with Crippen LogP contribution < -0.4 is 21.3 Å². The molecule has 6 N–H and O–H groups in total. The van der Waals surface area contributed by atoms with E-state index in [1.54, 1.807) is 60.7 Å². The fourth-order valence-electron chi connectivity index (χ4n) is 11.0. The second kappa shape index (κ2) is 32.7. The van der Waals surface area contributed by atoms with E-state index in [1.807, 2.05) is 0 Å². The van der Waals surface area contributed by atoms with E-state index in [4.69, 9.17) is 47.4 Å². The molecular formula is C68H82N4O24. The first-order valence-corrected chi connectivity index (χ1v) is 30.6. The van der Waals surface area contributed by atoms with Crippen LogP contribution in [0.25, 0.3) is 11.1 Å². The van der Waals surface area contributed by atoms with Crippen molar-refractivity contribution in [1.82, 2.24) is 21.3 Å². The Balaban J connectivity index is 1.36. The number of benzene rings is 4. The van der Waals surface area contributed by atoms with E-state index in [9.17, 15) is 67.7 Å². The average molecular weight is 1340 g/mol. The molecule has 2 unspecified atom stereocenters. The molecule has 4 aromatic rings. The number of ether oxygens (including phenoxy) is 10. The Morgan fingerprint density at radius 2 is 0.750 bits per heavy atom. The minimum Gasteiger partial charge on any atom is -0.465 e. The summed E-state index contributed by atoms with van der Waals surface area (Å²) in [6.07, 6.45) is -18.3. The summed E-state index contributed by atoms with van der Waals surface area (Å²) in [4.78, 5) is 159. The van der Waals surface area contributed by atoms with Gasteiger partial charge >= 0.3 is 47.8 Å². The van der Waals surface area contributed by atoms with Crippen LogP contribution in [-0.2, 0) is 108 Å². The van der Waals surface area contributed by atoms with Crippen molar-refractivity contribution in [2.75, 3.05) is 13.2 Å². The SMILES string of the molecule is CC(=O)OCC(C)(C)[C@@H](OC(C)=O)C(=O)NC(NC(=O)c1ccc(-c2ccc(C(=O)NC(NC(=O)[C@H](OC(C)=O)C(C)(C)COC(C)=O)[C@H]3O[C@@](O)(Cc4ccccc4)C[C@@H](OC(C)=O)[C@@H]3OC(C)=O)cc2)cc1)[C@H]1O[C@@](O)(Cc2ccccc2)C[C@@H](OC(C)=O)[C@@H]1OC(C)=O.